The summed E-state index contributed by atoms with van der Waals surface area (Å²) in [7, 11) is -2.88. The Hall–Kier alpha value is -3.09. The Kier molecular flexibility index (Phi) is 9.98. The summed E-state index contributed by atoms with van der Waals surface area (Å²) in [4.78, 5) is 38.5. The average molecular weight is 589 g/mol. The van der Waals surface area contributed by atoms with Gasteiger partial charge in [0.05, 0.1) is 18.3 Å². The molecule has 0 aliphatic rings. The van der Waals surface area contributed by atoms with Gasteiger partial charge in [0.1, 0.15) is 24.0 Å². The Morgan fingerprint density at radius 3 is 2.29 bits per heavy atom. The molecule has 0 saturated heterocycles. The zero-order valence-corrected chi connectivity index (χ0v) is 24.1. The van der Waals surface area contributed by atoms with Gasteiger partial charge in [-0.1, -0.05) is 29.3 Å². The van der Waals surface area contributed by atoms with Gasteiger partial charge in [0, 0.05) is 34.3 Å². The molecule has 0 bridgehead atoms. The number of nitrogens with zero attached hydrogens (tertiary/aromatic N) is 3. The molecular weight excluding hydrogens is 559 g/mol. The van der Waals surface area contributed by atoms with E-state index in [0.717, 1.165) is 18.4 Å². The van der Waals surface area contributed by atoms with E-state index in [1.807, 2.05) is 0 Å². The summed E-state index contributed by atoms with van der Waals surface area (Å²) in [6, 6.07) is 7.00. The fourth-order valence-corrected chi connectivity index (χ4v) is 4.78. The van der Waals surface area contributed by atoms with E-state index < -0.39 is 50.6 Å². The van der Waals surface area contributed by atoms with Crippen LogP contribution < -0.4 is 14.4 Å². The molecule has 1 atom stereocenters. The Labute approximate surface area is 231 Å². The lowest BCUT2D eigenvalue weighted by molar-refractivity contribution is -0.384. The molecule has 0 spiro atoms. The van der Waals surface area contributed by atoms with Crippen LogP contribution in [0, 0.1) is 10.1 Å². The summed E-state index contributed by atoms with van der Waals surface area (Å²) in [5.41, 5.74) is -0.732. The van der Waals surface area contributed by atoms with E-state index in [2.05, 4.69) is 5.32 Å². The summed E-state index contributed by atoms with van der Waals surface area (Å²) in [6.07, 6.45) is 0.856. The van der Waals surface area contributed by atoms with Gasteiger partial charge in [-0.2, -0.15) is 0 Å². The number of rotatable bonds is 10. The minimum absolute atomic E-state index is 0.000329. The predicted octanol–water partition coefficient (Wildman–Crippen LogP) is 4.01. The van der Waals surface area contributed by atoms with Crippen LogP contribution in [0.1, 0.15) is 33.3 Å². The Bertz CT molecular complexity index is 1330. The molecule has 0 aliphatic carbocycles. The number of methoxy groups -OCH3 is 1. The molecule has 2 amide bonds. The van der Waals surface area contributed by atoms with Crippen molar-refractivity contribution in [1.82, 2.24) is 10.2 Å². The number of ether oxygens (including phenoxy) is 1. The van der Waals surface area contributed by atoms with E-state index in [-0.39, 0.29) is 23.0 Å². The second kappa shape index (κ2) is 12.2. The van der Waals surface area contributed by atoms with Crippen LogP contribution in [0.5, 0.6) is 5.75 Å². The van der Waals surface area contributed by atoms with Crippen LogP contribution in [0.2, 0.25) is 10.0 Å². The highest BCUT2D eigenvalue weighted by atomic mass is 35.5. The molecule has 2 aromatic carbocycles. The number of nitro benzene ring substituents is 1. The van der Waals surface area contributed by atoms with Crippen molar-refractivity contribution in [3.63, 3.8) is 0 Å². The first kappa shape index (κ1) is 31.1. The first-order chi connectivity index (χ1) is 17.4. The van der Waals surface area contributed by atoms with Crippen molar-refractivity contribution in [2.45, 2.75) is 45.8 Å². The summed E-state index contributed by atoms with van der Waals surface area (Å²) in [5, 5.41) is 14.8. The topological polar surface area (TPSA) is 139 Å². The molecule has 0 fully saturated rings. The van der Waals surface area contributed by atoms with Crippen molar-refractivity contribution >= 4 is 56.4 Å². The molecule has 1 N–H and O–H groups in total. The normalized spacial score (nSPS) is 12.4. The molecule has 14 heteroatoms. The van der Waals surface area contributed by atoms with Gasteiger partial charge in [-0.15, -0.1) is 0 Å². The maximum Gasteiger partial charge on any atom is 0.271 e. The number of hydrogen-bond acceptors (Lipinski definition) is 7. The fraction of sp³-hybridized carbons (Fsp3) is 0.417. The molecule has 11 nitrogen and oxygen atoms in total. The highest BCUT2D eigenvalue weighted by Crippen LogP contribution is 2.34. The third-order valence-electron chi connectivity index (χ3n) is 5.34. The number of anilines is 1. The Balaban J connectivity index is 2.56. The molecule has 0 aromatic heterocycles. The fourth-order valence-electron chi connectivity index (χ4n) is 3.47. The summed E-state index contributed by atoms with van der Waals surface area (Å²) < 4.78 is 31.5. The summed E-state index contributed by atoms with van der Waals surface area (Å²) in [5.74, 6) is -1.24. The van der Waals surface area contributed by atoms with Crippen molar-refractivity contribution in [3.05, 3.63) is 62.1 Å². The van der Waals surface area contributed by atoms with Gasteiger partial charge >= 0.3 is 0 Å². The average Bonchev–Trinajstić information content (AvgIpc) is 2.79. The number of carbonyl (C=O) groups is 2. The molecular formula is C24H30Cl2N4O7S. The third-order valence-corrected chi connectivity index (χ3v) is 7.06. The van der Waals surface area contributed by atoms with Crippen LogP contribution in [0.4, 0.5) is 11.4 Å². The van der Waals surface area contributed by atoms with Gasteiger partial charge in [-0.05, 0) is 51.5 Å². The van der Waals surface area contributed by atoms with Gasteiger partial charge in [0.2, 0.25) is 21.8 Å². The number of benzene rings is 2. The van der Waals surface area contributed by atoms with Gasteiger partial charge in [0.25, 0.3) is 5.69 Å². The molecule has 208 valence electrons. The van der Waals surface area contributed by atoms with Crippen LogP contribution in [0.25, 0.3) is 0 Å². The lowest BCUT2D eigenvalue weighted by Gasteiger charge is -2.33. The second-order valence-corrected chi connectivity index (χ2v) is 12.3. The number of nitrogens with one attached hydrogen (secondary N) is 1. The monoisotopic (exact) mass is 588 g/mol. The first-order valence-corrected chi connectivity index (χ1v) is 13.9. The first-order valence-electron chi connectivity index (χ1n) is 11.3. The molecule has 2 rings (SSSR count). The van der Waals surface area contributed by atoms with Crippen LogP contribution in [-0.2, 0) is 26.2 Å². The zero-order chi connectivity index (χ0) is 29.0. The van der Waals surface area contributed by atoms with Crippen LogP contribution in [-0.4, -0.2) is 61.5 Å². The van der Waals surface area contributed by atoms with E-state index in [0.29, 0.717) is 14.9 Å². The maximum absolute atomic E-state index is 13.7. The van der Waals surface area contributed by atoms with Gasteiger partial charge < -0.3 is 15.0 Å². The number of amides is 2. The standard InChI is InChI=1S/C24H30Cl2N4O7S/c1-15(23(32)27-24(2,3)4)28(13-16-7-8-17(25)11-19(16)26)22(31)14-29(38(6,35)36)20-12-18(30(33)34)9-10-21(20)37-5/h7-12,15H,13-14H2,1-6H3,(H,27,32). The molecule has 38 heavy (non-hydrogen) atoms. The molecule has 0 saturated carbocycles. The highest BCUT2D eigenvalue weighted by molar-refractivity contribution is 7.92. The number of non-ortho nitro benzene ring substituents is 1. The largest absolute Gasteiger partial charge is 0.495 e. The minimum Gasteiger partial charge on any atom is -0.495 e. The zero-order valence-electron chi connectivity index (χ0n) is 21.8. The van der Waals surface area contributed by atoms with Crippen molar-refractivity contribution in [2.75, 3.05) is 24.2 Å². The third kappa shape index (κ3) is 8.20. The Morgan fingerprint density at radius 1 is 1.16 bits per heavy atom. The summed E-state index contributed by atoms with van der Waals surface area (Å²) >= 11 is 12.3. The lowest BCUT2D eigenvalue weighted by Crippen LogP contribution is -2.54. The smallest absolute Gasteiger partial charge is 0.271 e. The number of halogens is 2. The van der Waals surface area contributed by atoms with E-state index in [4.69, 9.17) is 27.9 Å². The van der Waals surface area contributed by atoms with Crippen LogP contribution >= 0.6 is 23.2 Å². The molecule has 0 radical (unpaired) electrons. The van der Waals surface area contributed by atoms with Crippen LogP contribution in [0.3, 0.4) is 0 Å². The lowest BCUT2D eigenvalue weighted by atomic mass is 10.1. The molecule has 1 unspecified atom stereocenters. The second-order valence-electron chi connectivity index (χ2n) is 9.56. The molecule has 0 aliphatic heterocycles. The van der Waals surface area contributed by atoms with E-state index >= 15 is 0 Å². The number of hydrogen-bond donors (Lipinski definition) is 1. The predicted molar refractivity (Wildman–Crippen MR) is 146 cm³/mol. The van der Waals surface area contributed by atoms with Gasteiger partial charge in [-0.25, -0.2) is 8.42 Å². The quantitative estimate of drug-likeness (QED) is 0.326. The van der Waals surface area contributed by atoms with Gasteiger partial charge in [0.15, 0.2) is 0 Å². The van der Waals surface area contributed by atoms with Crippen molar-refractivity contribution in [1.29, 1.82) is 0 Å². The van der Waals surface area contributed by atoms with Crippen molar-refractivity contribution in [3.8, 4) is 5.75 Å². The number of nitro groups is 1. The highest BCUT2D eigenvalue weighted by Gasteiger charge is 2.33. The minimum atomic E-state index is -4.14. The summed E-state index contributed by atoms with van der Waals surface area (Å²) in [6.45, 7) is 5.92. The van der Waals surface area contributed by atoms with E-state index in [9.17, 15) is 28.1 Å². The Morgan fingerprint density at radius 2 is 1.79 bits per heavy atom. The number of sulfonamides is 1. The van der Waals surface area contributed by atoms with E-state index in [1.165, 1.54) is 31.1 Å². The molecule has 0 heterocycles. The molecule has 2 aromatic rings. The van der Waals surface area contributed by atoms with Gasteiger partial charge in [-0.3, -0.25) is 24.0 Å². The maximum atomic E-state index is 13.7. The van der Waals surface area contributed by atoms with E-state index in [1.54, 1.807) is 32.9 Å². The van der Waals surface area contributed by atoms with Crippen molar-refractivity contribution in [2.24, 2.45) is 0 Å². The van der Waals surface area contributed by atoms with Crippen LogP contribution in [0.15, 0.2) is 36.4 Å². The number of carbonyl (C=O) groups excluding carboxylic acids is 2. The SMILES string of the molecule is COc1ccc([N+](=O)[O-])cc1N(CC(=O)N(Cc1ccc(Cl)cc1Cl)C(C)C(=O)NC(C)(C)C)S(C)(=O)=O. The van der Waals surface area contributed by atoms with Crippen molar-refractivity contribution < 1.29 is 27.7 Å².